The number of likely N-dealkylation sites (N-methyl/N-ethyl adjacent to an activating group) is 1. The molecule has 0 aromatic carbocycles. The fourth-order valence-corrected chi connectivity index (χ4v) is 1.06. The molecule has 0 aromatic heterocycles. The zero-order valence-electron chi connectivity index (χ0n) is 9.83. The highest BCUT2D eigenvalue weighted by atomic mass is 16.4. The van der Waals surface area contributed by atoms with Crippen LogP contribution in [-0.4, -0.2) is 47.1 Å². The molecule has 0 radical (unpaired) electrons. The Hall–Kier alpha value is -1.10. The summed E-state index contributed by atoms with van der Waals surface area (Å²) in [5.74, 6) is -1.04. The number of carboxylic acid groups (broad SMARTS) is 1. The highest BCUT2D eigenvalue weighted by molar-refractivity contribution is 5.81. The normalized spacial score (nSPS) is 11.2. The Balaban J connectivity index is 4.16. The second kappa shape index (κ2) is 5.70. The Morgan fingerprint density at radius 1 is 1.27 bits per heavy atom. The van der Waals surface area contributed by atoms with Crippen molar-refractivity contribution in [3.8, 4) is 0 Å². The molecule has 0 fully saturated rings. The van der Waals surface area contributed by atoms with Gasteiger partial charge in [-0.25, -0.2) is 0 Å². The lowest BCUT2D eigenvalue weighted by molar-refractivity contribution is -0.143. The van der Waals surface area contributed by atoms with Crippen molar-refractivity contribution >= 4 is 11.9 Å². The smallest absolute Gasteiger partial charge is 0.323 e. The molecule has 15 heavy (non-hydrogen) atoms. The molecule has 0 saturated heterocycles. The summed E-state index contributed by atoms with van der Waals surface area (Å²) in [6.07, 6.45) is 0. The molecule has 0 aliphatic rings. The Morgan fingerprint density at radius 2 is 1.73 bits per heavy atom. The maximum atomic E-state index is 11.5. The zero-order valence-corrected chi connectivity index (χ0v) is 9.83. The molecular formula is C10H20N2O3. The van der Waals surface area contributed by atoms with Crippen LogP contribution < -0.4 is 5.32 Å². The Bertz CT molecular complexity index is 235. The molecule has 0 bridgehead atoms. The predicted molar refractivity (Wildman–Crippen MR) is 57.6 cm³/mol. The molecule has 1 amide bonds. The average Bonchev–Trinajstić information content (AvgIpc) is 2.16. The van der Waals surface area contributed by atoms with E-state index in [2.05, 4.69) is 5.32 Å². The molecule has 0 aromatic rings. The SMILES string of the molecule is CCN(CC)C(=O)CNC(C)(C)C(=O)O. The molecule has 0 heterocycles. The van der Waals surface area contributed by atoms with Crippen LogP contribution in [0.25, 0.3) is 0 Å². The second-order valence-corrected chi connectivity index (χ2v) is 3.85. The van der Waals surface area contributed by atoms with Gasteiger partial charge in [-0.3, -0.25) is 14.9 Å². The van der Waals surface area contributed by atoms with Crippen LogP contribution in [0, 0.1) is 0 Å². The van der Waals surface area contributed by atoms with Crippen LogP contribution in [0.15, 0.2) is 0 Å². The minimum Gasteiger partial charge on any atom is -0.480 e. The molecule has 0 aliphatic heterocycles. The van der Waals surface area contributed by atoms with Crippen molar-refractivity contribution < 1.29 is 14.7 Å². The number of carbonyl (C=O) groups is 2. The number of nitrogens with one attached hydrogen (secondary N) is 1. The lowest BCUT2D eigenvalue weighted by Gasteiger charge is -2.24. The Morgan fingerprint density at radius 3 is 2.07 bits per heavy atom. The largest absolute Gasteiger partial charge is 0.480 e. The molecule has 5 heteroatoms. The molecule has 88 valence electrons. The van der Waals surface area contributed by atoms with Crippen molar-refractivity contribution in [2.45, 2.75) is 33.2 Å². The Kier molecular flexibility index (Phi) is 5.28. The molecular weight excluding hydrogens is 196 g/mol. The molecule has 0 unspecified atom stereocenters. The van der Waals surface area contributed by atoms with Crippen LogP contribution in [0.2, 0.25) is 0 Å². The van der Waals surface area contributed by atoms with Gasteiger partial charge in [-0.05, 0) is 27.7 Å². The van der Waals surface area contributed by atoms with E-state index in [0.29, 0.717) is 13.1 Å². The maximum absolute atomic E-state index is 11.5. The van der Waals surface area contributed by atoms with Gasteiger partial charge in [0.15, 0.2) is 0 Å². The Labute approximate surface area is 90.5 Å². The van der Waals surface area contributed by atoms with E-state index in [-0.39, 0.29) is 12.5 Å². The maximum Gasteiger partial charge on any atom is 0.323 e. The first-order valence-electron chi connectivity index (χ1n) is 5.11. The van der Waals surface area contributed by atoms with Crippen molar-refractivity contribution in [2.75, 3.05) is 19.6 Å². The van der Waals surface area contributed by atoms with Gasteiger partial charge in [0.2, 0.25) is 5.91 Å². The summed E-state index contributed by atoms with van der Waals surface area (Å²) in [6.45, 7) is 8.19. The summed E-state index contributed by atoms with van der Waals surface area (Å²) >= 11 is 0. The molecule has 0 rings (SSSR count). The van der Waals surface area contributed by atoms with Crippen molar-refractivity contribution in [2.24, 2.45) is 0 Å². The molecule has 2 N–H and O–H groups in total. The van der Waals surface area contributed by atoms with Gasteiger partial charge >= 0.3 is 5.97 Å². The summed E-state index contributed by atoms with van der Waals surface area (Å²) in [7, 11) is 0. The van der Waals surface area contributed by atoms with Gasteiger partial charge in [0.05, 0.1) is 6.54 Å². The molecule has 0 aliphatic carbocycles. The minimum absolute atomic E-state index is 0.0565. The van der Waals surface area contributed by atoms with Gasteiger partial charge in [0.1, 0.15) is 5.54 Å². The van der Waals surface area contributed by atoms with Gasteiger partial charge in [0.25, 0.3) is 0 Å². The number of aliphatic carboxylic acids is 1. The minimum atomic E-state index is -1.07. The van der Waals surface area contributed by atoms with Crippen molar-refractivity contribution in [1.82, 2.24) is 10.2 Å². The van der Waals surface area contributed by atoms with Gasteiger partial charge in [0, 0.05) is 13.1 Å². The van der Waals surface area contributed by atoms with Crippen molar-refractivity contribution in [3.63, 3.8) is 0 Å². The van der Waals surface area contributed by atoms with E-state index in [1.165, 1.54) is 13.8 Å². The number of hydrogen-bond acceptors (Lipinski definition) is 3. The van der Waals surface area contributed by atoms with Crippen LogP contribution >= 0.6 is 0 Å². The first kappa shape index (κ1) is 13.9. The number of amides is 1. The third-order valence-corrected chi connectivity index (χ3v) is 2.33. The lowest BCUT2D eigenvalue weighted by Crippen LogP contribution is -2.51. The fraction of sp³-hybridized carbons (Fsp3) is 0.800. The highest BCUT2D eigenvalue weighted by Gasteiger charge is 2.27. The predicted octanol–water partition coefficient (Wildman–Crippen LogP) is 0.308. The number of rotatable bonds is 6. The first-order valence-corrected chi connectivity index (χ1v) is 5.11. The van der Waals surface area contributed by atoms with Crippen LogP contribution in [-0.2, 0) is 9.59 Å². The fourth-order valence-electron chi connectivity index (χ4n) is 1.06. The number of carboxylic acids is 1. The van der Waals surface area contributed by atoms with Gasteiger partial charge in [-0.1, -0.05) is 0 Å². The van der Waals surface area contributed by atoms with Gasteiger partial charge in [-0.15, -0.1) is 0 Å². The van der Waals surface area contributed by atoms with Crippen molar-refractivity contribution in [1.29, 1.82) is 0 Å². The van der Waals surface area contributed by atoms with E-state index in [1.807, 2.05) is 13.8 Å². The van der Waals surface area contributed by atoms with E-state index >= 15 is 0 Å². The quantitative estimate of drug-likeness (QED) is 0.670. The van der Waals surface area contributed by atoms with Crippen molar-refractivity contribution in [3.05, 3.63) is 0 Å². The number of nitrogens with zero attached hydrogens (tertiary/aromatic N) is 1. The second-order valence-electron chi connectivity index (χ2n) is 3.85. The third-order valence-electron chi connectivity index (χ3n) is 2.33. The summed E-state index contributed by atoms with van der Waals surface area (Å²) in [6, 6.07) is 0. The highest BCUT2D eigenvalue weighted by Crippen LogP contribution is 2.01. The topological polar surface area (TPSA) is 69.6 Å². The first-order chi connectivity index (χ1) is 6.85. The van der Waals surface area contributed by atoms with Crippen LogP contribution in [0.3, 0.4) is 0 Å². The van der Waals surface area contributed by atoms with Gasteiger partial charge in [-0.2, -0.15) is 0 Å². The van der Waals surface area contributed by atoms with E-state index in [9.17, 15) is 9.59 Å². The standard InChI is InChI=1S/C10H20N2O3/c1-5-12(6-2)8(13)7-11-10(3,4)9(14)15/h11H,5-7H2,1-4H3,(H,14,15). The van der Waals surface area contributed by atoms with E-state index in [1.54, 1.807) is 4.90 Å². The monoisotopic (exact) mass is 216 g/mol. The average molecular weight is 216 g/mol. The van der Waals surface area contributed by atoms with Gasteiger partial charge < -0.3 is 10.0 Å². The lowest BCUT2D eigenvalue weighted by atomic mass is 10.1. The molecule has 0 atom stereocenters. The van der Waals surface area contributed by atoms with Crippen LogP contribution in [0.4, 0.5) is 0 Å². The molecule has 0 spiro atoms. The summed E-state index contributed by atoms with van der Waals surface area (Å²) < 4.78 is 0. The zero-order chi connectivity index (χ0) is 12.1. The summed E-state index contributed by atoms with van der Waals surface area (Å²) in [4.78, 5) is 24.0. The number of carbonyl (C=O) groups excluding carboxylic acids is 1. The molecule has 5 nitrogen and oxygen atoms in total. The van der Waals surface area contributed by atoms with E-state index < -0.39 is 11.5 Å². The molecule has 0 saturated carbocycles. The van der Waals surface area contributed by atoms with E-state index in [0.717, 1.165) is 0 Å². The third kappa shape index (κ3) is 4.29. The number of hydrogen-bond donors (Lipinski definition) is 2. The van der Waals surface area contributed by atoms with E-state index in [4.69, 9.17) is 5.11 Å². The summed E-state index contributed by atoms with van der Waals surface area (Å²) in [5, 5.41) is 11.5. The van der Waals surface area contributed by atoms with Crippen LogP contribution in [0.1, 0.15) is 27.7 Å². The summed E-state index contributed by atoms with van der Waals surface area (Å²) in [5.41, 5.74) is -1.07. The van der Waals surface area contributed by atoms with Crippen LogP contribution in [0.5, 0.6) is 0 Å².